The maximum Gasteiger partial charge on any atom is 0.338 e. The van der Waals surface area contributed by atoms with Crippen LogP contribution in [0.5, 0.6) is 5.75 Å². The molecule has 1 aliphatic rings. The largest absolute Gasteiger partial charge is 0.464 e. The summed E-state index contributed by atoms with van der Waals surface area (Å²) >= 11 is 0. The van der Waals surface area contributed by atoms with Gasteiger partial charge in [-0.3, -0.25) is 0 Å². The van der Waals surface area contributed by atoms with Crippen LogP contribution in [0.3, 0.4) is 0 Å². The molecule has 0 fully saturated rings. The summed E-state index contributed by atoms with van der Waals surface area (Å²) in [6, 6.07) is 3.65. The molecule has 0 amide bonds. The van der Waals surface area contributed by atoms with Crippen LogP contribution in [0.25, 0.3) is 0 Å². The van der Waals surface area contributed by atoms with E-state index in [0.29, 0.717) is 18.6 Å². The first-order valence-corrected chi connectivity index (χ1v) is 5.66. The number of esters is 1. The van der Waals surface area contributed by atoms with E-state index >= 15 is 0 Å². The highest BCUT2D eigenvalue weighted by Crippen LogP contribution is 2.35. The third-order valence-corrected chi connectivity index (χ3v) is 2.84. The average molecular weight is 236 g/mol. The second kappa shape index (κ2) is 4.75. The van der Waals surface area contributed by atoms with Crippen LogP contribution in [0.2, 0.25) is 0 Å². The molecule has 4 nitrogen and oxygen atoms in total. The van der Waals surface area contributed by atoms with Crippen molar-refractivity contribution in [3.05, 3.63) is 28.8 Å². The summed E-state index contributed by atoms with van der Waals surface area (Å²) in [5.74, 6) is 0.450. The van der Waals surface area contributed by atoms with Crippen molar-refractivity contribution >= 4 is 5.97 Å². The Hall–Kier alpha value is -1.55. The molecule has 0 saturated heterocycles. The van der Waals surface area contributed by atoms with Gasteiger partial charge in [0.2, 0.25) is 6.29 Å². The maximum absolute atomic E-state index is 11.8. The molecule has 1 aromatic rings. The molecular formula is C13H16O4. The summed E-state index contributed by atoms with van der Waals surface area (Å²) in [7, 11) is 1.59. The zero-order valence-electron chi connectivity index (χ0n) is 10.3. The molecule has 0 radical (unpaired) electrons. The minimum atomic E-state index is -0.306. The molecule has 1 aliphatic heterocycles. The van der Waals surface area contributed by atoms with Gasteiger partial charge in [-0.1, -0.05) is 6.07 Å². The molecule has 2 rings (SSSR count). The number of carbonyl (C=O) groups excluding carboxylic acids is 1. The molecule has 0 aromatic heterocycles. The molecule has 92 valence electrons. The molecule has 1 unspecified atom stereocenters. The zero-order valence-corrected chi connectivity index (χ0v) is 10.3. The number of carbonyl (C=O) groups is 1. The first-order valence-electron chi connectivity index (χ1n) is 5.66. The Morgan fingerprint density at radius 3 is 2.94 bits per heavy atom. The van der Waals surface area contributed by atoms with Crippen molar-refractivity contribution in [1.82, 2.24) is 0 Å². The van der Waals surface area contributed by atoms with Gasteiger partial charge in [0.25, 0.3) is 0 Å². The Labute approximate surface area is 100 Å². The van der Waals surface area contributed by atoms with Crippen molar-refractivity contribution in [1.29, 1.82) is 0 Å². The van der Waals surface area contributed by atoms with Crippen LogP contribution in [-0.2, 0) is 15.9 Å². The van der Waals surface area contributed by atoms with E-state index in [0.717, 1.165) is 16.9 Å². The van der Waals surface area contributed by atoms with Gasteiger partial charge < -0.3 is 14.2 Å². The fraction of sp³-hybridized carbons (Fsp3) is 0.462. The van der Waals surface area contributed by atoms with Gasteiger partial charge in [-0.25, -0.2) is 4.79 Å². The topological polar surface area (TPSA) is 44.8 Å². The summed E-state index contributed by atoms with van der Waals surface area (Å²) in [4.78, 5) is 11.8. The van der Waals surface area contributed by atoms with E-state index in [4.69, 9.17) is 14.2 Å². The third-order valence-electron chi connectivity index (χ3n) is 2.84. The molecule has 1 heterocycles. The summed E-state index contributed by atoms with van der Waals surface area (Å²) in [5, 5.41) is 0. The van der Waals surface area contributed by atoms with Gasteiger partial charge in [-0.05, 0) is 25.5 Å². The lowest BCUT2D eigenvalue weighted by atomic mass is 10.0. The first-order chi connectivity index (χ1) is 8.17. The molecule has 4 heteroatoms. The smallest absolute Gasteiger partial charge is 0.338 e. The average Bonchev–Trinajstić information content (AvgIpc) is 2.74. The molecule has 1 atom stereocenters. The monoisotopic (exact) mass is 236 g/mol. The normalized spacial score (nSPS) is 17.5. The van der Waals surface area contributed by atoms with Gasteiger partial charge in [0, 0.05) is 19.1 Å². The molecule has 17 heavy (non-hydrogen) atoms. The van der Waals surface area contributed by atoms with E-state index in [1.54, 1.807) is 20.1 Å². The molecule has 0 aliphatic carbocycles. The lowest BCUT2D eigenvalue weighted by Gasteiger charge is -2.09. The first kappa shape index (κ1) is 11.9. The number of benzene rings is 1. The Morgan fingerprint density at radius 2 is 2.29 bits per heavy atom. The molecule has 0 bridgehead atoms. The van der Waals surface area contributed by atoms with E-state index < -0.39 is 0 Å². The second-order valence-corrected chi connectivity index (χ2v) is 3.95. The summed E-state index contributed by atoms with van der Waals surface area (Å²) in [6.45, 7) is 4.11. The van der Waals surface area contributed by atoms with E-state index in [1.807, 2.05) is 13.0 Å². The molecule has 0 saturated carbocycles. The van der Waals surface area contributed by atoms with Crippen molar-refractivity contribution in [2.24, 2.45) is 0 Å². The highest BCUT2D eigenvalue weighted by molar-refractivity contribution is 5.92. The second-order valence-electron chi connectivity index (χ2n) is 3.95. The summed E-state index contributed by atoms with van der Waals surface area (Å²) < 4.78 is 15.8. The minimum absolute atomic E-state index is 0.302. The van der Waals surface area contributed by atoms with Crippen LogP contribution in [0, 0.1) is 6.92 Å². The maximum atomic E-state index is 11.8. The van der Waals surface area contributed by atoms with E-state index in [9.17, 15) is 4.79 Å². The molecule has 0 N–H and O–H groups in total. The van der Waals surface area contributed by atoms with E-state index in [2.05, 4.69) is 0 Å². The fourth-order valence-electron chi connectivity index (χ4n) is 1.98. The van der Waals surface area contributed by atoms with Gasteiger partial charge in [-0.15, -0.1) is 0 Å². The van der Waals surface area contributed by atoms with Crippen molar-refractivity contribution < 1.29 is 19.0 Å². The van der Waals surface area contributed by atoms with Crippen LogP contribution >= 0.6 is 0 Å². The van der Waals surface area contributed by atoms with E-state index in [-0.39, 0.29) is 12.3 Å². The number of aryl methyl sites for hydroxylation is 1. The molecular weight excluding hydrogens is 220 g/mol. The SMILES string of the molecule is CCOC(=O)c1ccc(C)c2c1CC(OC)O2. The van der Waals surface area contributed by atoms with Crippen LogP contribution in [0.1, 0.15) is 28.4 Å². The van der Waals surface area contributed by atoms with Gasteiger partial charge >= 0.3 is 5.97 Å². The van der Waals surface area contributed by atoms with Crippen molar-refractivity contribution in [2.75, 3.05) is 13.7 Å². The fourth-order valence-corrected chi connectivity index (χ4v) is 1.98. The van der Waals surface area contributed by atoms with Crippen molar-refractivity contribution in [2.45, 2.75) is 26.6 Å². The standard InChI is InChI=1S/C13H16O4/c1-4-16-13(14)9-6-5-8(2)12-10(9)7-11(15-3)17-12/h5-6,11H,4,7H2,1-3H3. The number of rotatable bonds is 3. The van der Waals surface area contributed by atoms with E-state index in [1.165, 1.54) is 0 Å². The quantitative estimate of drug-likeness (QED) is 0.754. The summed E-state index contributed by atoms with van der Waals surface area (Å²) in [6.07, 6.45) is 0.279. The highest BCUT2D eigenvalue weighted by Gasteiger charge is 2.29. The molecule has 1 aromatic carbocycles. The Balaban J connectivity index is 2.38. The van der Waals surface area contributed by atoms with Gasteiger partial charge in [-0.2, -0.15) is 0 Å². The third kappa shape index (κ3) is 2.13. The van der Waals surface area contributed by atoms with Gasteiger partial charge in [0.1, 0.15) is 5.75 Å². The number of fused-ring (bicyclic) bond motifs is 1. The highest BCUT2D eigenvalue weighted by atomic mass is 16.7. The number of methoxy groups -OCH3 is 1. The van der Waals surface area contributed by atoms with Crippen LogP contribution in [-0.4, -0.2) is 26.0 Å². The van der Waals surface area contributed by atoms with Crippen LogP contribution in [0.4, 0.5) is 0 Å². The summed E-state index contributed by atoms with van der Waals surface area (Å²) in [5.41, 5.74) is 2.47. The number of hydrogen-bond acceptors (Lipinski definition) is 4. The van der Waals surface area contributed by atoms with Crippen molar-refractivity contribution in [3.8, 4) is 5.75 Å². The Kier molecular flexibility index (Phi) is 3.33. The van der Waals surface area contributed by atoms with Crippen LogP contribution < -0.4 is 4.74 Å². The Bertz CT molecular complexity index is 439. The lowest BCUT2D eigenvalue weighted by molar-refractivity contribution is -0.0370. The predicted octanol–water partition coefficient (Wildman–Crippen LogP) is 2.08. The number of ether oxygens (including phenoxy) is 3. The predicted molar refractivity (Wildman–Crippen MR) is 62.3 cm³/mol. The number of hydrogen-bond donors (Lipinski definition) is 0. The van der Waals surface area contributed by atoms with Crippen molar-refractivity contribution in [3.63, 3.8) is 0 Å². The zero-order chi connectivity index (χ0) is 12.4. The minimum Gasteiger partial charge on any atom is -0.464 e. The molecule has 0 spiro atoms. The van der Waals surface area contributed by atoms with Gasteiger partial charge in [0.05, 0.1) is 12.2 Å². The van der Waals surface area contributed by atoms with Gasteiger partial charge in [0.15, 0.2) is 0 Å². The Morgan fingerprint density at radius 1 is 1.53 bits per heavy atom. The lowest BCUT2D eigenvalue weighted by Crippen LogP contribution is -2.15. The van der Waals surface area contributed by atoms with Crippen LogP contribution in [0.15, 0.2) is 12.1 Å².